The summed E-state index contributed by atoms with van der Waals surface area (Å²) >= 11 is 2.03. The Morgan fingerprint density at radius 1 is 1.18 bits per heavy atom. The highest BCUT2D eigenvalue weighted by atomic mass is 32.2. The van der Waals surface area contributed by atoms with Crippen LogP contribution in [-0.4, -0.2) is 73.7 Å². The van der Waals surface area contributed by atoms with Crippen molar-refractivity contribution in [3.8, 4) is 0 Å². The highest BCUT2D eigenvalue weighted by Gasteiger charge is 2.37. The molecule has 1 aliphatic carbocycles. The molecule has 1 saturated carbocycles. The van der Waals surface area contributed by atoms with Crippen LogP contribution in [0.4, 0.5) is 0 Å². The van der Waals surface area contributed by atoms with Crippen LogP contribution in [0.15, 0.2) is 0 Å². The summed E-state index contributed by atoms with van der Waals surface area (Å²) < 4.78 is 2.04. The van der Waals surface area contributed by atoms with E-state index in [1.807, 2.05) is 16.4 Å². The molecule has 3 fully saturated rings. The van der Waals surface area contributed by atoms with Crippen molar-refractivity contribution in [3.63, 3.8) is 0 Å². The standard InChI is InChI=1S/C15H26N6S/c1-22-14-10-19(9-13(14)20-6-2-3-7-20)11-15-16-17-18-21(15)8-12-4-5-12/h12-14H,2-11H2,1H3/t13-,14-/m1/s1. The summed E-state index contributed by atoms with van der Waals surface area (Å²) in [4.78, 5) is 5.26. The SMILES string of the molecule is CS[C@@H]1CN(Cc2nnnn2CC2CC2)C[C@H]1N1CCCC1. The maximum atomic E-state index is 4.27. The van der Waals surface area contributed by atoms with Gasteiger partial charge in [0.05, 0.1) is 6.54 Å². The first-order chi connectivity index (χ1) is 10.8. The van der Waals surface area contributed by atoms with Gasteiger partial charge in [-0.15, -0.1) is 5.10 Å². The Morgan fingerprint density at radius 3 is 2.73 bits per heavy atom. The minimum atomic E-state index is 0.713. The highest BCUT2D eigenvalue weighted by Crippen LogP contribution is 2.31. The first-order valence-electron chi connectivity index (χ1n) is 8.57. The van der Waals surface area contributed by atoms with E-state index >= 15 is 0 Å². The molecule has 0 spiro atoms. The third kappa shape index (κ3) is 3.16. The number of likely N-dealkylation sites (tertiary alicyclic amines) is 2. The quantitative estimate of drug-likeness (QED) is 0.781. The van der Waals surface area contributed by atoms with E-state index in [9.17, 15) is 0 Å². The van der Waals surface area contributed by atoms with Gasteiger partial charge in [0.25, 0.3) is 0 Å². The van der Waals surface area contributed by atoms with Gasteiger partial charge in [0.1, 0.15) is 0 Å². The van der Waals surface area contributed by atoms with Gasteiger partial charge in [0.2, 0.25) is 0 Å². The first kappa shape index (κ1) is 14.9. The van der Waals surface area contributed by atoms with E-state index in [2.05, 4.69) is 31.6 Å². The van der Waals surface area contributed by atoms with Gasteiger partial charge in [-0.1, -0.05) is 0 Å². The van der Waals surface area contributed by atoms with Crippen LogP contribution in [0.1, 0.15) is 31.5 Å². The summed E-state index contributed by atoms with van der Waals surface area (Å²) in [6.07, 6.45) is 7.69. The van der Waals surface area contributed by atoms with E-state index in [0.717, 1.165) is 30.1 Å². The molecule has 0 amide bonds. The van der Waals surface area contributed by atoms with Crippen LogP contribution in [-0.2, 0) is 13.1 Å². The normalized spacial score (nSPS) is 30.4. The van der Waals surface area contributed by atoms with Crippen LogP contribution in [0, 0.1) is 5.92 Å². The highest BCUT2D eigenvalue weighted by molar-refractivity contribution is 7.99. The zero-order valence-electron chi connectivity index (χ0n) is 13.4. The summed E-state index contributed by atoms with van der Waals surface area (Å²) in [5.41, 5.74) is 0. The predicted molar refractivity (Wildman–Crippen MR) is 87.7 cm³/mol. The van der Waals surface area contributed by atoms with Crippen LogP contribution >= 0.6 is 11.8 Å². The molecule has 4 rings (SSSR count). The lowest BCUT2D eigenvalue weighted by molar-refractivity contribution is 0.228. The third-order valence-corrected chi connectivity index (χ3v) is 6.39. The number of hydrogen-bond donors (Lipinski definition) is 0. The Labute approximate surface area is 136 Å². The fourth-order valence-electron chi connectivity index (χ4n) is 3.84. The van der Waals surface area contributed by atoms with Crippen LogP contribution in [0.3, 0.4) is 0 Å². The molecular weight excluding hydrogens is 296 g/mol. The molecule has 0 aromatic carbocycles. The number of aromatic nitrogens is 4. The van der Waals surface area contributed by atoms with E-state index in [0.29, 0.717) is 6.04 Å². The second kappa shape index (κ2) is 6.45. The smallest absolute Gasteiger partial charge is 0.165 e. The summed E-state index contributed by atoms with van der Waals surface area (Å²) in [6.45, 7) is 6.82. The molecule has 7 heteroatoms. The number of thioether (sulfide) groups is 1. The van der Waals surface area contributed by atoms with Gasteiger partial charge in [-0.25, -0.2) is 4.68 Å². The maximum Gasteiger partial charge on any atom is 0.165 e. The summed E-state index contributed by atoms with van der Waals surface area (Å²) in [6, 6.07) is 0.713. The molecule has 1 aromatic heterocycles. The van der Waals surface area contributed by atoms with Crippen molar-refractivity contribution in [1.82, 2.24) is 30.0 Å². The Kier molecular flexibility index (Phi) is 4.37. The van der Waals surface area contributed by atoms with Crippen molar-refractivity contribution in [2.24, 2.45) is 5.92 Å². The molecule has 22 heavy (non-hydrogen) atoms. The minimum absolute atomic E-state index is 0.713. The molecule has 2 aliphatic heterocycles. The number of hydrogen-bond acceptors (Lipinski definition) is 6. The molecule has 3 aliphatic rings. The monoisotopic (exact) mass is 322 g/mol. The average molecular weight is 322 g/mol. The molecule has 2 saturated heterocycles. The van der Waals surface area contributed by atoms with E-state index in [1.165, 1.54) is 51.9 Å². The first-order valence-corrected chi connectivity index (χ1v) is 9.86. The zero-order chi connectivity index (χ0) is 14.9. The van der Waals surface area contributed by atoms with Crippen molar-refractivity contribution in [3.05, 3.63) is 5.82 Å². The summed E-state index contributed by atoms with van der Waals surface area (Å²) in [7, 11) is 0. The molecule has 0 unspecified atom stereocenters. The lowest BCUT2D eigenvalue weighted by Crippen LogP contribution is -2.40. The maximum absolute atomic E-state index is 4.27. The van der Waals surface area contributed by atoms with E-state index < -0.39 is 0 Å². The molecule has 1 aromatic rings. The third-order valence-electron chi connectivity index (χ3n) is 5.32. The Morgan fingerprint density at radius 2 is 2.00 bits per heavy atom. The molecule has 0 N–H and O–H groups in total. The lowest BCUT2D eigenvalue weighted by Gasteiger charge is -2.27. The minimum Gasteiger partial charge on any atom is -0.298 e. The average Bonchev–Trinajstić information content (AvgIpc) is 2.96. The zero-order valence-corrected chi connectivity index (χ0v) is 14.2. The summed E-state index contributed by atoms with van der Waals surface area (Å²) in [5, 5.41) is 13.1. The van der Waals surface area contributed by atoms with Gasteiger partial charge < -0.3 is 0 Å². The van der Waals surface area contributed by atoms with Crippen LogP contribution < -0.4 is 0 Å². The van der Waals surface area contributed by atoms with Gasteiger partial charge in [0, 0.05) is 30.9 Å². The molecule has 122 valence electrons. The topological polar surface area (TPSA) is 50.1 Å². The Balaban J connectivity index is 1.39. The van der Waals surface area contributed by atoms with Gasteiger partial charge in [-0.2, -0.15) is 11.8 Å². The van der Waals surface area contributed by atoms with Gasteiger partial charge >= 0.3 is 0 Å². The van der Waals surface area contributed by atoms with Gasteiger partial charge in [-0.05, 0) is 61.4 Å². The molecule has 2 atom stereocenters. The fourth-order valence-corrected chi connectivity index (χ4v) is 4.77. The second-order valence-corrected chi connectivity index (χ2v) is 8.08. The predicted octanol–water partition coefficient (Wildman–Crippen LogP) is 1.09. The van der Waals surface area contributed by atoms with E-state index in [4.69, 9.17) is 0 Å². The van der Waals surface area contributed by atoms with Crippen molar-refractivity contribution < 1.29 is 0 Å². The Hall–Kier alpha value is -0.660. The molecule has 0 bridgehead atoms. The number of tetrazole rings is 1. The van der Waals surface area contributed by atoms with Crippen molar-refractivity contribution >= 4 is 11.8 Å². The molecule has 6 nitrogen and oxygen atoms in total. The van der Waals surface area contributed by atoms with Crippen molar-refractivity contribution in [2.75, 3.05) is 32.4 Å². The molecule has 0 radical (unpaired) electrons. The van der Waals surface area contributed by atoms with Crippen LogP contribution in [0.25, 0.3) is 0 Å². The molecular formula is C15H26N6S. The molecule has 3 heterocycles. The van der Waals surface area contributed by atoms with Crippen LogP contribution in [0.5, 0.6) is 0 Å². The lowest BCUT2D eigenvalue weighted by atomic mass is 10.2. The van der Waals surface area contributed by atoms with Crippen LogP contribution in [0.2, 0.25) is 0 Å². The van der Waals surface area contributed by atoms with E-state index in [-0.39, 0.29) is 0 Å². The largest absolute Gasteiger partial charge is 0.298 e. The Bertz CT molecular complexity index is 496. The van der Waals surface area contributed by atoms with Crippen molar-refractivity contribution in [1.29, 1.82) is 0 Å². The second-order valence-electron chi connectivity index (χ2n) is 7.00. The van der Waals surface area contributed by atoms with Gasteiger partial charge in [-0.3, -0.25) is 9.80 Å². The van der Waals surface area contributed by atoms with Crippen molar-refractivity contribution in [2.45, 2.75) is 50.1 Å². The number of nitrogens with zero attached hydrogens (tertiary/aromatic N) is 6. The number of rotatable bonds is 6. The fraction of sp³-hybridized carbons (Fsp3) is 0.933. The summed E-state index contributed by atoms with van der Waals surface area (Å²) in [5.74, 6) is 1.87. The van der Waals surface area contributed by atoms with E-state index in [1.54, 1.807) is 0 Å². The van der Waals surface area contributed by atoms with Gasteiger partial charge in [0.15, 0.2) is 5.82 Å².